The normalized spacial score (nSPS) is 47.8. The van der Waals surface area contributed by atoms with E-state index in [9.17, 15) is 9.90 Å². The third-order valence-corrected chi connectivity index (χ3v) is 4.16. The lowest BCUT2D eigenvalue weighted by atomic mass is 9.82. The molecule has 5 atom stereocenters. The first kappa shape index (κ1) is 12.0. The summed E-state index contributed by atoms with van der Waals surface area (Å²) in [6, 6.07) is 0. The number of esters is 1. The molecule has 1 N–H and O–H groups in total. The van der Waals surface area contributed by atoms with Gasteiger partial charge in [0.05, 0.1) is 24.0 Å². The molecule has 0 aromatic rings. The van der Waals surface area contributed by atoms with Crippen molar-refractivity contribution in [1.82, 2.24) is 0 Å². The highest BCUT2D eigenvalue weighted by atomic mass is 16.8. The molecule has 5 nitrogen and oxygen atoms in total. The van der Waals surface area contributed by atoms with Gasteiger partial charge in [0.1, 0.15) is 6.10 Å². The van der Waals surface area contributed by atoms with E-state index in [1.165, 1.54) is 0 Å². The van der Waals surface area contributed by atoms with Crippen molar-refractivity contribution in [2.24, 2.45) is 11.8 Å². The number of carbonyl (C=O) groups is 1. The van der Waals surface area contributed by atoms with E-state index in [0.717, 1.165) is 6.26 Å². The fourth-order valence-electron chi connectivity index (χ4n) is 3.55. The van der Waals surface area contributed by atoms with Crippen LogP contribution in [0.15, 0.2) is 11.8 Å². The zero-order valence-electron chi connectivity index (χ0n) is 10.8. The van der Waals surface area contributed by atoms with E-state index >= 15 is 0 Å². The summed E-state index contributed by atoms with van der Waals surface area (Å²) >= 11 is 0. The van der Waals surface area contributed by atoms with Gasteiger partial charge in [0.25, 0.3) is 0 Å². The quantitative estimate of drug-likeness (QED) is 0.403. The molecule has 0 bridgehead atoms. The Kier molecular flexibility index (Phi) is 2.47. The minimum atomic E-state index is -0.579. The van der Waals surface area contributed by atoms with E-state index in [4.69, 9.17) is 14.2 Å². The highest BCUT2D eigenvalue weighted by molar-refractivity contribution is 5.90. The van der Waals surface area contributed by atoms with E-state index < -0.39 is 11.8 Å². The molecule has 100 valence electrons. The van der Waals surface area contributed by atoms with E-state index in [1.807, 2.05) is 20.8 Å². The second kappa shape index (κ2) is 3.71. The van der Waals surface area contributed by atoms with Crippen LogP contribution in [-0.4, -0.2) is 35.2 Å². The molecular formula is C13H18O5. The summed E-state index contributed by atoms with van der Waals surface area (Å²) in [7, 11) is 0. The van der Waals surface area contributed by atoms with E-state index in [2.05, 4.69) is 0 Å². The highest BCUT2D eigenvalue weighted by Gasteiger charge is 2.59. The molecule has 3 rings (SSSR count). The fourth-order valence-corrected chi connectivity index (χ4v) is 3.55. The monoisotopic (exact) mass is 254 g/mol. The number of hydrogen-bond acceptors (Lipinski definition) is 5. The van der Waals surface area contributed by atoms with Crippen LogP contribution in [-0.2, 0) is 19.0 Å². The molecular weight excluding hydrogens is 236 g/mol. The molecule has 3 fully saturated rings. The third kappa shape index (κ3) is 1.57. The van der Waals surface area contributed by atoms with Gasteiger partial charge in [-0.15, -0.1) is 0 Å². The zero-order chi connectivity index (χ0) is 13.1. The lowest BCUT2D eigenvalue weighted by molar-refractivity contribution is -0.176. The summed E-state index contributed by atoms with van der Waals surface area (Å²) in [5.74, 6) is -0.972. The van der Waals surface area contributed by atoms with Crippen molar-refractivity contribution in [3.8, 4) is 0 Å². The van der Waals surface area contributed by atoms with Crippen LogP contribution in [0.4, 0.5) is 0 Å². The van der Waals surface area contributed by atoms with Crippen molar-refractivity contribution in [1.29, 1.82) is 0 Å². The molecule has 0 spiro atoms. The minimum Gasteiger partial charge on any atom is -0.515 e. The lowest BCUT2D eigenvalue weighted by Gasteiger charge is -2.35. The molecule has 1 aliphatic carbocycles. The van der Waals surface area contributed by atoms with Crippen LogP contribution in [0.25, 0.3) is 0 Å². The number of cyclic esters (lactones) is 1. The van der Waals surface area contributed by atoms with Crippen molar-refractivity contribution in [3.05, 3.63) is 11.8 Å². The molecule has 2 saturated heterocycles. The molecule has 0 radical (unpaired) electrons. The van der Waals surface area contributed by atoms with Gasteiger partial charge >= 0.3 is 5.97 Å². The second-order valence-corrected chi connectivity index (χ2v) is 5.75. The minimum absolute atomic E-state index is 0.0260. The molecule has 0 aromatic heterocycles. The maximum Gasteiger partial charge on any atom is 0.337 e. The van der Waals surface area contributed by atoms with Gasteiger partial charge in [0.15, 0.2) is 5.79 Å². The summed E-state index contributed by atoms with van der Waals surface area (Å²) in [6.07, 6.45) is 1.27. The Balaban J connectivity index is 1.91. The van der Waals surface area contributed by atoms with Gasteiger partial charge in [-0.2, -0.15) is 0 Å². The first-order valence-corrected chi connectivity index (χ1v) is 6.34. The first-order chi connectivity index (χ1) is 8.43. The molecule has 0 aromatic carbocycles. The standard InChI is InChI=1S/C13H18O5/c1-6-10-7(8(5-14)12(15)16-6)4-9-11(10)18-13(2,3)17-9/h5-7,9-11,14H,4H2,1-3H3/b8-5-/t6-,7+,9+,10-,11+/m0/s1. The lowest BCUT2D eigenvalue weighted by Crippen LogP contribution is -2.42. The summed E-state index contributed by atoms with van der Waals surface area (Å²) in [4.78, 5) is 11.7. The Morgan fingerprint density at radius 2 is 2.11 bits per heavy atom. The number of hydrogen-bond donors (Lipinski definition) is 1. The van der Waals surface area contributed by atoms with Gasteiger partial charge in [-0.1, -0.05) is 0 Å². The topological polar surface area (TPSA) is 65.0 Å². The van der Waals surface area contributed by atoms with Gasteiger partial charge in [-0.3, -0.25) is 0 Å². The van der Waals surface area contributed by atoms with E-state index in [1.54, 1.807) is 0 Å². The average Bonchev–Trinajstić information content (AvgIpc) is 2.69. The number of rotatable bonds is 0. The van der Waals surface area contributed by atoms with Crippen LogP contribution >= 0.6 is 0 Å². The largest absolute Gasteiger partial charge is 0.515 e. The number of carbonyl (C=O) groups excluding carboxylic acids is 1. The smallest absolute Gasteiger partial charge is 0.337 e. The molecule has 5 heteroatoms. The van der Waals surface area contributed by atoms with Crippen molar-refractivity contribution < 1.29 is 24.1 Å². The highest BCUT2D eigenvalue weighted by Crippen LogP contribution is 2.50. The average molecular weight is 254 g/mol. The molecule has 2 aliphatic heterocycles. The molecule has 18 heavy (non-hydrogen) atoms. The number of aliphatic hydroxyl groups is 1. The maximum atomic E-state index is 11.7. The Morgan fingerprint density at radius 3 is 2.78 bits per heavy atom. The van der Waals surface area contributed by atoms with Crippen molar-refractivity contribution >= 4 is 5.97 Å². The van der Waals surface area contributed by atoms with E-state index in [0.29, 0.717) is 12.0 Å². The molecule has 1 saturated carbocycles. The van der Waals surface area contributed by atoms with Gasteiger partial charge in [-0.05, 0) is 27.2 Å². The van der Waals surface area contributed by atoms with E-state index in [-0.39, 0.29) is 30.1 Å². The Hall–Kier alpha value is -1.07. The van der Waals surface area contributed by atoms with Crippen molar-refractivity contribution in [2.75, 3.05) is 0 Å². The molecule has 0 amide bonds. The predicted molar refractivity (Wildman–Crippen MR) is 61.7 cm³/mol. The van der Waals surface area contributed by atoms with Crippen LogP contribution in [0.3, 0.4) is 0 Å². The van der Waals surface area contributed by atoms with Crippen LogP contribution < -0.4 is 0 Å². The first-order valence-electron chi connectivity index (χ1n) is 6.34. The number of fused-ring (bicyclic) bond motifs is 3. The summed E-state index contributed by atoms with van der Waals surface area (Å²) < 4.78 is 17.0. The zero-order valence-corrected chi connectivity index (χ0v) is 10.8. The fraction of sp³-hybridized carbons (Fsp3) is 0.769. The number of aliphatic hydroxyl groups excluding tert-OH is 1. The Bertz CT molecular complexity index is 414. The maximum absolute atomic E-state index is 11.7. The molecule has 0 unspecified atom stereocenters. The predicted octanol–water partition coefficient (Wildman–Crippen LogP) is 1.53. The summed E-state index contributed by atoms with van der Waals surface area (Å²) in [6.45, 7) is 5.66. The van der Waals surface area contributed by atoms with Gasteiger partial charge in [-0.25, -0.2) is 4.79 Å². The van der Waals surface area contributed by atoms with Crippen LogP contribution in [0.1, 0.15) is 27.2 Å². The molecule has 2 heterocycles. The van der Waals surface area contributed by atoms with Gasteiger partial charge in [0.2, 0.25) is 0 Å². The second-order valence-electron chi connectivity index (χ2n) is 5.75. The Labute approximate surface area is 106 Å². The summed E-state index contributed by atoms with van der Waals surface area (Å²) in [5, 5.41) is 9.22. The SMILES string of the molecule is C[C@@H]1OC(=O)/C(=C\O)[C@H]2C[C@H]3OC(C)(C)O[C@H]3[C@@H]12. The van der Waals surface area contributed by atoms with Gasteiger partial charge < -0.3 is 19.3 Å². The number of ether oxygens (including phenoxy) is 3. The molecule has 3 aliphatic rings. The third-order valence-electron chi connectivity index (χ3n) is 4.16. The van der Waals surface area contributed by atoms with Crippen molar-refractivity contribution in [2.45, 2.75) is 51.3 Å². The Morgan fingerprint density at radius 1 is 1.39 bits per heavy atom. The van der Waals surface area contributed by atoms with Crippen molar-refractivity contribution in [3.63, 3.8) is 0 Å². The van der Waals surface area contributed by atoms with Crippen LogP contribution in [0.2, 0.25) is 0 Å². The van der Waals surface area contributed by atoms with Gasteiger partial charge in [0, 0.05) is 11.8 Å². The summed E-state index contributed by atoms with van der Waals surface area (Å²) in [5.41, 5.74) is 0.345. The van der Waals surface area contributed by atoms with Crippen LogP contribution in [0.5, 0.6) is 0 Å². The van der Waals surface area contributed by atoms with Crippen LogP contribution in [0, 0.1) is 11.8 Å².